The molecule has 1 saturated carbocycles. The zero-order valence-electron chi connectivity index (χ0n) is 10.4. The minimum absolute atomic E-state index is 0.0377. The number of rotatable bonds is 4. The molecular weight excluding hydrogens is 216 g/mol. The summed E-state index contributed by atoms with van der Waals surface area (Å²) in [6.07, 6.45) is 4.98. The Morgan fingerprint density at radius 2 is 1.94 bits per heavy atom. The number of hydrogen-bond donors (Lipinski definition) is 0. The molecule has 0 unspecified atom stereocenters. The summed E-state index contributed by atoms with van der Waals surface area (Å²) in [5.74, 6) is 1.42. The third-order valence-electron chi connectivity index (χ3n) is 3.17. The van der Waals surface area contributed by atoms with Gasteiger partial charge in [-0.3, -0.25) is 4.79 Å². The van der Waals surface area contributed by atoms with Crippen LogP contribution in [-0.2, 0) is 0 Å². The van der Waals surface area contributed by atoms with Gasteiger partial charge in [0.25, 0.3) is 0 Å². The van der Waals surface area contributed by atoms with Crippen molar-refractivity contribution in [2.75, 3.05) is 7.11 Å². The highest BCUT2D eigenvalue weighted by molar-refractivity contribution is 5.94. The molecule has 0 spiro atoms. The van der Waals surface area contributed by atoms with E-state index >= 15 is 0 Å². The first-order valence-corrected chi connectivity index (χ1v) is 6.06. The molecule has 1 fully saturated rings. The van der Waals surface area contributed by atoms with Crippen LogP contribution >= 0.6 is 0 Å². The first-order chi connectivity index (χ1) is 8.20. The summed E-state index contributed by atoms with van der Waals surface area (Å²) in [5.41, 5.74) is 0.653. The molecule has 1 aromatic rings. The van der Waals surface area contributed by atoms with Gasteiger partial charge in [0.15, 0.2) is 17.3 Å². The Morgan fingerprint density at radius 3 is 2.53 bits per heavy atom. The third-order valence-corrected chi connectivity index (χ3v) is 3.17. The molecule has 0 N–H and O–H groups in total. The number of Topliss-reactive ketones (excluding diaryl/α,β-unsaturated/α-hetero) is 1. The van der Waals surface area contributed by atoms with Crippen LogP contribution in [0.3, 0.4) is 0 Å². The van der Waals surface area contributed by atoms with E-state index in [-0.39, 0.29) is 5.78 Å². The summed E-state index contributed by atoms with van der Waals surface area (Å²) in [4.78, 5) is 11.3. The van der Waals surface area contributed by atoms with Gasteiger partial charge in [-0.2, -0.15) is 0 Å². The molecule has 0 bridgehead atoms. The highest BCUT2D eigenvalue weighted by Gasteiger charge is 2.18. The number of carbonyl (C=O) groups is 1. The van der Waals surface area contributed by atoms with Crippen molar-refractivity contribution in [2.45, 2.75) is 38.7 Å². The Morgan fingerprint density at radius 1 is 1.24 bits per heavy atom. The average Bonchev–Trinajstić information content (AvgIpc) is 2.82. The maximum absolute atomic E-state index is 11.3. The molecule has 2 rings (SSSR count). The number of carbonyl (C=O) groups excluding carboxylic acids is 1. The van der Waals surface area contributed by atoms with Crippen molar-refractivity contribution in [3.63, 3.8) is 0 Å². The Hall–Kier alpha value is -1.51. The topological polar surface area (TPSA) is 35.5 Å². The molecule has 1 aliphatic rings. The van der Waals surface area contributed by atoms with Crippen molar-refractivity contribution in [1.82, 2.24) is 0 Å². The van der Waals surface area contributed by atoms with E-state index in [4.69, 9.17) is 9.47 Å². The largest absolute Gasteiger partial charge is 0.493 e. The first kappa shape index (κ1) is 12.0. The second kappa shape index (κ2) is 5.21. The van der Waals surface area contributed by atoms with Gasteiger partial charge in [-0.25, -0.2) is 0 Å². The zero-order valence-corrected chi connectivity index (χ0v) is 10.4. The summed E-state index contributed by atoms with van der Waals surface area (Å²) in [6.45, 7) is 1.55. The normalized spacial score (nSPS) is 15.9. The van der Waals surface area contributed by atoms with Gasteiger partial charge < -0.3 is 9.47 Å². The zero-order chi connectivity index (χ0) is 12.3. The van der Waals surface area contributed by atoms with Gasteiger partial charge in [0.05, 0.1) is 13.2 Å². The van der Waals surface area contributed by atoms with Crippen molar-refractivity contribution in [3.05, 3.63) is 23.8 Å². The van der Waals surface area contributed by atoms with Crippen molar-refractivity contribution in [1.29, 1.82) is 0 Å². The number of hydrogen-bond acceptors (Lipinski definition) is 3. The van der Waals surface area contributed by atoms with Crippen LogP contribution in [0, 0.1) is 0 Å². The molecule has 0 saturated heterocycles. The number of methoxy groups -OCH3 is 1. The second-order valence-electron chi connectivity index (χ2n) is 4.45. The van der Waals surface area contributed by atoms with E-state index in [1.54, 1.807) is 26.2 Å². The third kappa shape index (κ3) is 2.78. The molecule has 0 amide bonds. The fourth-order valence-electron chi connectivity index (χ4n) is 2.17. The van der Waals surface area contributed by atoms with Crippen LogP contribution in [0.1, 0.15) is 43.0 Å². The van der Waals surface area contributed by atoms with Crippen molar-refractivity contribution in [2.24, 2.45) is 0 Å². The molecule has 1 aliphatic carbocycles. The molecule has 3 heteroatoms. The molecule has 0 radical (unpaired) electrons. The lowest BCUT2D eigenvalue weighted by Crippen LogP contribution is -2.11. The van der Waals surface area contributed by atoms with Gasteiger partial charge in [0.2, 0.25) is 0 Å². The summed E-state index contributed by atoms with van der Waals surface area (Å²) < 4.78 is 11.2. The molecule has 0 atom stereocenters. The van der Waals surface area contributed by atoms with Crippen LogP contribution < -0.4 is 9.47 Å². The molecule has 92 valence electrons. The number of benzene rings is 1. The minimum Gasteiger partial charge on any atom is -0.493 e. The van der Waals surface area contributed by atoms with E-state index in [0.29, 0.717) is 17.4 Å². The maximum Gasteiger partial charge on any atom is 0.161 e. The predicted molar refractivity (Wildman–Crippen MR) is 65.9 cm³/mol. The van der Waals surface area contributed by atoms with Crippen LogP contribution in [0.25, 0.3) is 0 Å². The van der Waals surface area contributed by atoms with Gasteiger partial charge in [-0.15, -0.1) is 0 Å². The van der Waals surface area contributed by atoms with E-state index in [2.05, 4.69) is 0 Å². The van der Waals surface area contributed by atoms with Crippen molar-refractivity contribution < 1.29 is 14.3 Å². The van der Waals surface area contributed by atoms with E-state index in [1.807, 2.05) is 6.07 Å². The number of ketones is 1. The van der Waals surface area contributed by atoms with Crippen LogP contribution in [0.2, 0.25) is 0 Å². The lowest BCUT2D eigenvalue weighted by Gasteiger charge is -2.16. The number of ether oxygens (including phenoxy) is 2. The molecule has 0 aliphatic heterocycles. The molecule has 17 heavy (non-hydrogen) atoms. The second-order valence-corrected chi connectivity index (χ2v) is 4.45. The monoisotopic (exact) mass is 234 g/mol. The Kier molecular flexibility index (Phi) is 3.67. The highest BCUT2D eigenvalue weighted by Crippen LogP contribution is 2.32. The Labute approximate surface area is 102 Å². The molecule has 0 heterocycles. The Bertz CT molecular complexity index is 406. The minimum atomic E-state index is 0.0377. The predicted octanol–water partition coefficient (Wildman–Crippen LogP) is 3.22. The van der Waals surface area contributed by atoms with Crippen LogP contribution in [0.5, 0.6) is 11.5 Å². The lowest BCUT2D eigenvalue weighted by molar-refractivity contribution is 0.101. The maximum atomic E-state index is 11.3. The van der Waals surface area contributed by atoms with Crippen molar-refractivity contribution in [3.8, 4) is 11.5 Å². The average molecular weight is 234 g/mol. The first-order valence-electron chi connectivity index (χ1n) is 6.06. The molecular formula is C14H18O3. The van der Waals surface area contributed by atoms with E-state index < -0.39 is 0 Å². The van der Waals surface area contributed by atoms with Gasteiger partial charge in [-0.05, 0) is 50.8 Å². The van der Waals surface area contributed by atoms with Gasteiger partial charge in [0, 0.05) is 5.56 Å². The van der Waals surface area contributed by atoms with Crippen LogP contribution in [0.15, 0.2) is 18.2 Å². The standard InChI is InChI=1S/C14H18O3/c1-10(15)11-7-8-13(14(9-11)16-2)17-12-5-3-4-6-12/h7-9,12H,3-6H2,1-2H3. The summed E-state index contributed by atoms with van der Waals surface area (Å²) in [5, 5.41) is 0. The van der Waals surface area contributed by atoms with Gasteiger partial charge >= 0.3 is 0 Å². The fourth-order valence-corrected chi connectivity index (χ4v) is 2.17. The lowest BCUT2D eigenvalue weighted by atomic mass is 10.1. The van der Waals surface area contributed by atoms with E-state index in [1.165, 1.54) is 12.8 Å². The van der Waals surface area contributed by atoms with Crippen LogP contribution in [-0.4, -0.2) is 19.0 Å². The molecule has 3 nitrogen and oxygen atoms in total. The molecule has 0 aromatic heterocycles. The summed E-state index contributed by atoms with van der Waals surface area (Å²) in [6, 6.07) is 5.36. The smallest absolute Gasteiger partial charge is 0.161 e. The Balaban J connectivity index is 2.18. The quantitative estimate of drug-likeness (QED) is 0.750. The van der Waals surface area contributed by atoms with Crippen molar-refractivity contribution >= 4 is 5.78 Å². The van der Waals surface area contributed by atoms with Gasteiger partial charge in [-0.1, -0.05) is 0 Å². The summed E-state index contributed by atoms with van der Waals surface area (Å²) in [7, 11) is 1.60. The summed E-state index contributed by atoms with van der Waals surface area (Å²) >= 11 is 0. The highest BCUT2D eigenvalue weighted by atomic mass is 16.5. The molecule has 1 aromatic carbocycles. The van der Waals surface area contributed by atoms with Crippen LogP contribution in [0.4, 0.5) is 0 Å². The van der Waals surface area contributed by atoms with E-state index in [0.717, 1.165) is 18.6 Å². The van der Waals surface area contributed by atoms with Gasteiger partial charge in [0.1, 0.15) is 0 Å². The fraction of sp³-hybridized carbons (Fsp3) is 0.500. The SMILES string of the molecule is COc1cc(C(C)=O)ccc1OC1CCCC1. The van der Waals surface area contributed by atoms with E-state index in [9.17, 15) is 4.79 Å².